The van der Waals surface area contributed by atoms with Crippen molar-refractivity contribution in [3.05, 3.63) is 54.5 Å². The van der Waals surface area contributed by atoms with Crippen LogP contribution in [-0.2, 0) is 6.54 Å². The number of nitrogens with one attached hydrogen (secondary N) is 1. The van der Waals surface area contributed by atoms with Crippen LogP contribution >= 0.6 is 0 Å². The van der Waals surface area contributed by atoms with E-state index in [1.54, 1.807) is 20.5 Å². The van der Waals surface area contributed by atoms with Crippen molar-refractivity contribution in [3.63, 3.8) is 0 Å². The van der Waals surface area contributed by atoms with Gasteiger partial charge in [0.05, 0.1) is 26.5 Å². The number of aromatic nitrogens is 2. The SMILES string of the molecule is COc1ccc2c(CNc3ccccc3)ncnc2c1OC. The molecule has 0 unspecified atom stereocenters. The van der Waals surface area contributed by atoms with Crippen molar-refractivity contribution >= 4 is 16.6 Å². The summed E-state index contributed by atoms with van der Waals surface area (Å²) >= 11 is 0. The van der Waals surface area contributed by atoms with Gasteiger partial charge in [-0.1, -0.05) is 18.2 Å². The fourth-order valence-corrected chi connectivity index (χ4v) is 2.38. The Kier molecular flexibility index (Phi) is 4.05. The van der Waals surface area contributed by atoms with E-state index < -0.39 is 0 Å². The molecule has 0 saturated heterocycles. The minimum Gasteiger partial charge on any atom is -0.493 e. The highest BCUT2D eigenvalue weighted by molar-refractivity contribution is 5.88. The monoisotopic (exact) mass is 295 g/mol. The quantitative estimate of drug-likeness (QED) is 0.783. The Hall–Kier alpha value is -2.82. The highest BCUT2D eigenvalue weighted by atomic mass is 16.5. The van der Waals surface area contributed by atoms with Crippen LogP contribution in [0.2, 0.25) is 0 Å². The molecule has 2 aromatic carbocycles. The third-order valence-corrected chi connectivity index (χ3v) is 3.46. The highest BCUT2D eigenvalue weighted by Crippen LogP contribution is 2.34. The van der Waals surface area contributed by atoms with Crippen molar-refractivity contribution in [3.8, 4) is 11.5 Å². The number of anilines is 1. The fourth-order valence-electron chi connectivity index (χ4n) is 2.38. The second-order valence-electron chi connectivity index (χ2n) is 4.74. The standard InChI is InChI=1S/C17H17N3O2/c1-21-15-9-8-13-14(10-18-12-6-4-3-5-7-12)19-11-20-16(13)17(15)22-2/h3-9,11,18H,10H2,1-2H3. The molecule has 3 aromatic rings. The van der Waals surface area contributed by atoms with Crippen molar-refractivity contribution in [2.75, 3.05) is 19.5 Å². The normalized spacial score (nSPS) is 10.5. The Bertz CT molecular complexity index is 775. The molecule has 0 aliphatic heterocycles. The third kappa shape index (κ3) is 2.65. The highest BCUT2D eigenvalue weighted by Gasteiger charge is 2.13. The first-order valence-electron chi connectivity index (χ1n) is 6.97. The summed E-state index contributed by atoms with van der Waals surface area (Å²) in [5, 5.41) is 4.30. The lowest BCUT2D eigenvalue weighted by atomic mass is 10.1. The van der Waals surface area contributed by atoms with E-state index in [1.165, 1.54) is 0 Å². The summed E-state index contributed by atoms with van der Waals surface area (Å²) in [6, 6.07) is 13.8. The maximum Gasteiger partial charge on any atom is 0.187 e. The molecular formula is C17H17N3O2. The van der Waals surface area contributed by atoms with E-state index in [0.29, 0.717) is 18.0 Å². The lowest BCUT2D eigenvalue weighted by molar-refractivity contribution is 0.358. The molecule has 3 rings (SSSR count). The maximum absolute atomic E-state index is 5.43. The Labute approximate surface area is 128 Å². The number of nitrogens with zero attached hydrogens (tertiary/aromatic N) is 2. The first-order chi connectivity index (χ1) is 10.8. The molecule has 5 nitrogen and oxygen atoms in total. The molecule has 0 aliphatic carbocycles. The molecule has 1 aromatic heterocycles. The number of fused-ring (bicyclic) bond motifs is 1. The molecule has 0 bridgehead atoms. The van der Waals surface area contributed by atoms with E-state index in [-0.39, 0.29) is 0 Å². The number of benzene rings is 2. The zero-order valence-corrected chi connectivity index (χ0v) is 12.5. The number of hydrogen-bond acceptors (Lipinski definition) is 5. The fraction of sp³-hybridized carbons (Fsp3) is 0.176. The second kappa shape index (κ2) is 6.30. The van der Waals surface area contributed by atoms with Gasteiger partial charge in [-0.15, -0.1) is 0 Å². The van der Waals surface area contributed by atoms with Gasteiger partial charge in [-0.3, -0.25) is 0 Å². The molecule has 1 N–H and O–H groups in total. The molecule has 112 valence electrons. The molecule has 0 saturated carbocycles. The van der Waals surface area contributed by atoms with Gasteiger partial charge in [0.25, 0.3) is 0 Å². The maximum atomic E-state index is 5.43. The molecule has 0 fully saturated rings. The number of para-hydroxylation sites is 1. The van der Waals surface area contributed by atoms with Gasteiger partial charge >= 0.3 is 0 Å². The topological polar surface area (TPSA) is 56.3 Å². The molecule has 1 heterocycles. The molecular weight excluding hydrogens is 278 g/mol. The largest absolute Gasteiger partial charge is 0.493 e. The average Bonchev–Trinajstić information content (AvgIpc) is 2.59. The van der Waals surface area contributed by atoms with Gasteiger partial charge in [-0.25, -0.2) is 9.97 Å². The van der Waals surface area contributed by atoms with E-state index >= 15 is 0 Å². The Morgan fingerprint density at radius 3 is 2.50 bits per heavy atom. The van der Waals surface area contributed by atoms with Crippen molar-refractivity contribution in [2.45, 2.75) is 6.54 Å². The third-order valence-electron chi connectivity index (χ3n) is 3.46. The summed E-state index contributed by atoms with van der Waals surface area (Å²) in [6.07, 6.45) is 1.55. The summed E-state index contributed by atoms with van der Waals surface area (Å²) in [7, 11) is 3.23. The number of hydrogen-bond donors (Lipinski definition) is 1. The van der Waals surface area contributed by atoms with Gasteiger partial charge in [-0.05, 0) is 24.3 Å². The van der Waals surface area contributed by atoms with E-state index in [4.69, 9.17) is 9.47 Å². The molecule has 0 amide bonds. The molecule has 5 heteroatoms. The van der Waals surface area contributed by atoms with Crippen LogP contribution in [0.25, 0.3) is 10.9 Å². The van der Waals surface area contributed by atoms with Crippen LogP contribution in [0.1, 0.15) is 5.69 Å². The second-order valence-corrected chi connectivity index (χ2v) is 4.74. The minimum absolute atomic E-state index is 0.610. The van der Waals surface area contributed by atoms with Gasteiger partial charge in [0, 0.05) is 11.1 Å². The van der Waals surface area contributed by atoms with Crippen LogP contribution in [0.15, 0.2) is 48.8 Å². The van der Waals surface area contributed by atoms with Crippen LogP contribution in [0, 0.1) is 0 Å². The summed E-state index contributed by atoms with van der Waals surface area (Å²) in [6.45, 7) is 0.610. The Morgan fingerprint density at radius 1 is 0.955 bits per heavy atom. The van der Waals surface area contributed by atoms with Crippen LogP contribution < -0.4 is 14.8 Å². The zero-order valence-electron chi connectivity index (χ0n) is 12.5. The van der Waals surface area contributed by atoms with Gasteiger partial charge in [0.15, 0.2) is 11.5 Å². The Morgan fingerprint density at radius 2 is 1.77 bits per heavy atom. The van der Waals surface area contributed by atoms with E-state index in [0.717, 1.165) is 22.3 Å². The van der Waals surface area contributed by atoms with Crippen molar-refractivity contribution < 1.29 is 9.47 Å². The van der Waals surface area contributed by atoms with E-state index in [2.05, 4.69) is 15.3 Å². The average molecular weight is 295 g/mol. The van der Waals surface area contributed by atoms with Gasteiger partial charge in [-0.2, -0.15) is 0 Å². The zero-order chi connectivity index (χ0) is 15.4. The van der Waals surface area contributed by atoms with Crippen LogP contribution in [0.5, 0.6) is 11.5 Å². The summed E-state index contributed by atoms with van der Waals surface area (Å²) in [4.78, 5) is 8.72. The molecule has 0 atom stereocenters. The number of rotatable bonds is 5. The van der Waals surface area contributed by atoms with Crippen molar-refractivity contribution in [2.24, 2.45) is 0 Å². The molecule has 0 aliphatic rings. The lowest BCUT2D eigenvalue weighted by Crippen LogP contribution is -2.04. The number of ether oxygens (including phenoxy) is 2. The van der Waals surface area contributed by atoms with Crippen molar-refractivity contribution in [1.82, 2.24) is 9.97 Å². The van der Waals surface area contributed by atoms with Gasteiger partial charge in [0.1, 0.15) is 11.8 Å². The van der Waals surface area contributed by atoms with Crippen LogP contribution in [0.3, 0.4) is 0 Å². The first kappa shape index (κ1) is 14.1. The van der Waals surface area contributed by atoms with E-state index in [1.807, 2.05) is 42.5 Å². The predicted octanol–water partition coefficient (Wildman–Crippen LogP) is 3.26. The molecule has 0 spiro atoms. The van der Waals surface area contributed by atoms with Crippen molar-refractivity contribution in [1.29, 1.82) is 0 Å². The summed E-state index contributed by atoms with van der Waals surface area (Å²) in [5.41, 5.74) is 2.71. The summed E-state index contributed by atoms with van der Waals surface area (Å²) in [5.74, 6) is 1.29. The molecule has 0 radical (unpaired) electrons. The lowest BCUT2D eigenvalue weighted by Gasteiger charge is -2.12. The van der Waals surface area contributed by atoms with Gasteiger partial charge in [0.2, 0.25) is 0 Å². The molecule has 22 heavy (non-hydrogen) atoms. The van der Waals surface area contributed by atoms with Gasteiger partial charge < -0.3 is 14.8 Å². The van der Waals surface area contributed by atoms with Crippen LogP contribution in [0.4, 0.5) is 5.69 Å². The predicted molar refractivity (Wildman–Crippen MR) is 86.4 cm³/mol. The van der Waals surface area contributed by atoms with E-state index in [9.17, 15) is 0 Å². The first-order valence-corrected chi connectivity index (χ1v) is 6.97. The van der Waals surface area contributed by atoms with Crippen LogP contribution in [-0.4, -0.2) is 24.2 Å². The smallest absolute Gasteiger partial charge is 0.187 e. The number of methoxy groups -OCH3 is 2. The Balaban J connectivity index is 1.97. The minimum atomic E-state index is 0.610. The summed E-state index contributed by atoms with van der Waals surface area (Å²) < 4.78 is 10.7.